The van der Waals surface area contributed by atoms with Gasteiger partial charge in [-0.15, -0.1) is 0 Å². The topological polar surface area (TPSA) is 44.8 Å². The van der Waals surface area contributed by atoms with Crippen molar-refractivity contribution in [1.29, 1.82) is 0 Å². The van der Waals surface area contributed by atoms with Gasteiger partial charge >= 0.3 is 15.5 Å². The highest BCUT2D eigenvalue weighted by molar-refractivity contribution is 6.39. The van der Waals surface area contributed by atoms with E-state index in [0.29, 0.717) is 13.2 Å². The average Bonchev–Trinajstić information content (AvgIpc) is 2.05. The van der Waals surface area contributed by atoms with E-state index in [1.807, 2.05) is 13.8 Å². The lowest BCUT2D eigenvalue weighted by Gasteiger charge is -2.12. The Kier molecular flexibility index (Phi) is 6.64. The molecule has 0 heterocycles. The zero-order chi connectivity index (χ0) is 9.40. The normalized spacial score (nSPS) is 9.92. The predicted molar refractivity (Wildman–Crippen MR) is 46.7 cm³/mol. The smallest absolute Gasteiger partial charge is 0.472 e. The lowest BCUT2D eigenvalue weighted by atomic mass is 10.7. The molecule has 4 nitrogen and oxygen atoms in total. The minimum absolute atomic E-state index is 0.487. The van der Waals surface area contributed by atoms with Crippen LogP contribution >= 0.6 is 0 Å². The molecule has 0 aromatic rings. The summed E-state index contributed by atoms with van der Waals surface area (Å²) >= 11 is 0. The molecular formula is C7H14O4Si. The van der Waals surface area contributed by atoms with E-state index in [1.165, 1.54) is 0 Å². The summed E-state index contributed by atoms with van der Waals surface area (Å²) in [6.07, 6.45) is 1.10. The lowest BCUT2D eigenvalue weighted by Crippen LogP contribution is -2.29. The maximum absolute atomic E-state index is 10.7. The van der Waals surface area contributed by atoms with E-state index in [1.54, 1.807) is 0 Å². The van der Waals surface area contributed by atoms with Crippen molar-refractivity contribution in [3.05, 3.63) is 12.7 Å². The monoisotopic (exact) mass is 190 g/mol. The van der Waals surface area contributed by atoms with Gasteiger partial charge in [-0.05, 0) is 13.8 Å². The van der Waals surface area contributed by atoms with Crippen molar-refractivity contribution in [1.82, 2.24) is 0 Å². The van der Waals surface area contributed by atoms with Gasteiger partial charge in [0.05, 0.1) is 0 Å². The largest absolute Gasteiger partial charge is 0.551 e. The molecule has 0 N–H and O–H groups in total. The summed E-state index contributed by atoms with van der Waals surface area (Å²) in [5.41, 5.74) is 0. The third-order valence-electron chi connectivity index (χ3n) is 0.985. The molecule has 0 fully saturated rings. The van der Waals surface area contributed by atoms with E-state index < -0.39 is 15.5 Å². The highest BCUT2D eigenvalue weighted by Crippen LogP contribution is 1.93. The molecule has 0 aliphatic heterocycles. The van der Waals surface area contributed by atoms with E-state index in [9.17, 15) is 4.79 Å². The van der Waals surface area contributed by atoms with Crippen molar-refractivity contribution < 1.29 is 18.1 Å². The fraction of sp³-hybridized carbons (Fsp3) is 0.571. The van der Waals surface area contributed by atoms with Crippen LogP contribution in [0.3, 0.4) is 0 Å². The van der Waals surface area contributed by atoms with Gasteiger partial charge in [0, 0.05) is 19.3 Å². The van der Waals surface area contributed by atoms with Gasteiger partial charge < -0.3 is 13.3 Å². The molecule has 0 rings (SSSR count). The molecular weight excluding hydrogens is 176 g/mol. The maximum Gasteiger partial charge on any atom is 0.551 e. The van der Waals surface area contributed by atoms with E-state index in [4.69, 9.17) is 13.3 Å². The minimum Gasteiger partial charge on any atom is -0.472 e. The van der Waals surface area contributed by atoms with Gasteiger partial charge in [0.2, 0.25) is 0 Å². The molecule has 0 aromatic heterocycles. The Morgan fingerprint density at radius 1 is 1.42 bits per heavy atom. The van der Waals surface area contributed by atoms with E-state index in [-0.39, 0.29) is 0 Å². The summed E-state index contributed by atoms with van der Waals surface area (Å²) in [5.74, 6) is -0.492. The zero-order valence-electron chi connectivity index (χ0n) is 7.41. The molecule has 0 radical (unpaired) electrons. The lowest BCUT2D eigenvalue weighted by molar-refractivity contribution is -0.132. The Balaban J connectivity index is 3.76. The Morgan fingerprint density at radius 2 is 1.92 bits per heavy atom. The van der Waals surface area contributed by atoms with Crippen LogP contribution in [-0.4, -0.2) is 28.7 Å². The summed E-state index contributed by atoms with van der Waals surface area (Å²) in [4.78, 5) is 10.7. The van der Waals surface area contributed by atoms with Gasteiger partial charge in [0.15, 0.2) is 0 Å². The summed E-state index contributed by atoms with van der Waals surface area (Å²) in [5, 5.41) is 0. The highest BCUT2D eigenvalue weighted by Gasteiger charge is 2.17. The van der Waals surface area contributed by atoms with Crippen LogP contribution < -0.4 is 0 Å². The molecule has 70 valence electrons. The molecule has 0 saturated heterocycles. The number of hydrogen-bond donors (Lipinski definition) is 0. The molecule has 0 aliphatic carbocycles. The molecule has 12 heavy (non-hydrogen) atoms. The standard InChI is InChI=1S/C7H14O4Si/c1-4-7(8)11-12(9-5-2)10-6-3/h4,12H,1,5-6H2,2-3H3. The second kappa shape index (κ2) is 7.02. The van der Waals surface area contributed by atoms with Gasteiger partial charge in [-0.3, -0.25) is 0 Å². The highest BCUT2D eigenvalue weighted by atomic mass is 28.3. The third-order valence-corrected chi connectivity index (χ3v) is 2.62. The second-order valence-electron chi connectivity index (χ2n) is 1.84. The summed E-state index contributed by atoms with van der Waals surface area (Å²) in [6.45, 7) is 7.89. The molecule has 0 aromatic carbocycles. The Labute approximate surface area is 74.1 Å². The molecule has 5 heteroatoms. The first-order valence-corrected chi connectivity index (χ1v) is 5.22. The van der Waals surface area contributed by atoms with E-state index in [2.05, 4.69) is 6.58 Å². The Bertz CT molecular complexity index is 142. The first kappa shape index (κ1) is 11.3. The number of rotatable bonds is 6. The Hall–Kier alpha value is -0.653. The molecule has 0 spiro atoms. The van der Waals surface area contributed by atoms with Gasteiger partial charge in [-0.25, -0.2) is 4.79 Å². The van der Waals surface area contributed by atoms with Crippen molar-refractivity contribution in [2.75, 3.05) is 13.2 Å². The minimum atomic E-state index is -2.23. The van der Waals surface area contributed by atoms with Crippen LogP contribution in [0.5, 0.6) is 0 Å². The summed E-state index contributed by atoms with van der Waals surface area (Å²) in [7, 11) is -2.23. The first-order valence-electron chi connectivity index (χ1n) is 3.80. The van der Waals surface area contributed by atoms with Crippen LogP contribution in [-0.2, 0) is 18.1 Å². The molecule has 0 bridgehead atoms. The molecule has 0 amide bonds. The van der Waals surface area contributed by atoms with Gasteiger partial charge in [-0.1, -0.05) is 6.58 Å². The summed E-state index contributed by atoms with van der Waals surface area (Å²) < 4.78 is 15.0. The van der Waals surface area contributed by atoms with Crippen LogP contribution in [0.15, 0.2) is 12.7 Å². The molecule has 0 unspecified atom stereocenters. The SMILES string of the molecule is C=CC(=O)O[SiH](OCC)OCC. The fourth-order valence-electron chi connectivity index (χ4n) is 0.531. The fourth-order valence-corrected chi connectivity index (χ4v) is 1.59. The Morgan fingerprint density at radius 3 is 2.25 bits per heavy atom. The van der Waals surface area contributed by atoms with Crippen LogP contribution in [0.4, 0.5) is 0 Å². The van der Waals surface area contributed by atoms with Crippen molar-refractivity contribution in [2.24, 2.45) is 0 Å². The quantitative estimate of drug-likeness (QED) is 0.452. The van der Waals surface area contributed by atoms with E-state index in [0.717, 1.165) is 6.08 Å². The number of carbonyl (C=O) groups excluding carboxylic acids is 1. The molecule has 0 saturated carbocycles. The first-order chi connectivity index (χ1) is 5.74. The van der Waals surface area contributed by atoms with Crippen molar-refractivity contribution in [2.45, 2.75) is 13.8 Å². The van der Waals surface area contributed by atoms with Crippen molar-refractivity contribution >= 4 is 15.5 Å². The van der Waals surface area contributed by atoms with Gasteiger partial charge in [-0.2, -0.15) is 0 Å². The maximum atomic E-state index is 10.7. The van der Waals surface area contributed by atoms with E-state index >= 15 is 0 Å². The van der Waals surface area contributed by atoms with Gasteiger partial charge in [0.25, 0.3) is 0 Å². The zero-order valence-corrected chi connectivity index (χ0v) is 8.56. The number of carbonyl (C=O) groups is 1. The molecule has 0 atom stereocenters. The van der Waals surface area contributed by atoms with Crippen LogP contribution in [0.25, 0.3) is 0 Å². The van der Waals surface area contributed by atoms with Crippen molar-refractivity contribution in [3.63, 3.8) is 0 Å². The van der Waals surface area contributed by atoms with Crippen LogP contribution in [0, 0.1) is 0 Å². The summed E-state index contributed by atoms with van der Waals surface area (Å²) in [6, 6.07) is 0. The van der Waals surface area contributed by atoms with Crippen LogP contribution in [0.2, 0.25) is 0 Å². The molecule has 0 aliphatic rings. The van der Waals surface area contributed by atoms with Gasteiger partial charge in [0.1, 0.15) is 0 Å². The predicted octanol–water partition coefficient (Wildman–Crippen LogP) is 0.506. The average molecular weight is 190 g/mol. The van der Waals surface area contributed by atoms with Crippen molar-refractivity contribution in [3.8, 4) is 0 Å². The number of hydrogen-bond acceptors (Lipinski definition) is 4. The second-order valence-corrected chi connectivity index (χ2v) is 3.32. The van der Waals surface area contributed by atoms with Crippen LogP contribution in [0.1, 0.15) is 13.8 Å². The third kappa shape index (κ3) is 5.06.